The quantitative estimate of drug-likeness (QED) is 0.0385. The van der Waals surface area contributed by atoms with Gasteiger partial charge in [0, 0.05) is 30.9 Å². The van der Waals surface area contributed by atoms with E-state index in [9.17, 15) is 19.2 Å². The van der Waals surface area contributed by atoms with Crippen molar-refractivity contribution in [1.82, 2.24) is 9.13 Å². The van der Waals surface area contributed by atoms with Crippen LogP contribution in [-0.4, -0.2) is 97.6 Å². The molecule has 1 aromatic heterocycles. The number of aromatic nitrogens is 2. The highest BCUT2D eigenvalue weighted by atomic mass is 16.8. The highest BCUT2D eigenvalue weighted by Crippen LogP contribution is 2.33. The second-order valence-electron chi connectivity index (χ2n) is 17.1. The summed E-state index contributed by atoms with van der Waals surface area (Å²) in [4.78, 5) is 53.5. The number of carbonyl (C=O) groups is 2. The Bertz CT molecular complexity index is 2710. The van der Waals surface area contributed by atoms with E-state index in [1.54, 1.807) is 18.2 Å². The fourth-order valence-corrected chi connectivity index (χ4v) is 8.42. The third kappa shape index (κ3) is 13.7. The molecular weight excluding hydrogens is 913 g/mol. The molecule has 5 aromatic carbocycles. The maximum absolute atomic E-state index is 13.9. The maximum atomic E-state index is 13.9. The molecule has 2 fully saturated rings. The van der Waals surface area contributed by atoms with Crippen LogP contribution in [-0.2, 0) is 78.6 Å². The van der Waals surface area contributed by atoms with E-state index in [0.717, 1.165) is 26.8 Å². The molecule has 0 aliphatic carbocycles. The molecule has 0 N–H and O–H groups in total. The first-order chi connectivity index (χ1) is 34.7. The van der Waals surface area contributed by atoms with E-state index < -0.39 is 72.3 Å². The number of carbonyl (C=O) groups excluding carboxylic acids is 2. The van der Waals surface area contributed by atoms with Crippen LogP contribution in [0.4, 0.5) is 0 Å². The Morgan fingerprint density at radius 2 is 1.10 bits per heavy atom. The Kier molecular flexibility index (Phi) is 18.4. The lowest BCUT2D eigenvalue weighted by molar-refractivity contribution is -0.340. The summed E-state index contributed by atoms with van der Waals surface area (Å²) in [6.45, 7) is 1.73. The summed E-state index contributed by atoms with van der Waals surface area (Å²) in [6.07, 6.45) is -5.74. The van der Waals surface area contributed by atoms with Gasteiger partial charge in [-0.05, 0) is 41.3 Å². The Labute approximate surface area is 411 Å². The first kappa shape index (κ1) is 50.9. The molecule has 16 heteroatoms. The minimum Gasteiger partial charge on any atom is -0.458 e. The third-order valence-corrected chi connectivity index (χ3v) is 12.0. The van der Waals surface area contributed by atoms with Crippen LogP contribution in [0, 0.1) is 6.92 Å². The summed E-state index contributed by atoms with van der Waals surface area (Å²) in [5.74, 6) is -1.46. The standard InChI is InChI=1S/C55H58N2O14/c1-38-29-56(55(61)57(52(38)59)53(60)43-26-16-7-17-27-43)47-28-44(70-48(58)36-62-2)45(69-47)34-64-37-68-54-51(67-33-42-24-14-6-15-25-42)50(66-32-41-22-12-5-13-23-41)49(65-31-40-20-10-4-11-21-40)46(71-54)35-63-30-39-18-8-3-9-19-39/h3-27,29,44-47,49-51,54H,28,30-37H2,1-2H3/t44-,45+,46+,47+,49+,50-,51+,54-/m0/s1. The number of rotatable bonds is 23. The van der Waals surface area contributed by atoms with E-state index in [-0.39, 0.29) is 64.0 Å². The molecule has 0 amide bonds. The number of ether oxygens (including phenoxy) is 10. The van der Waals surface area contributed by atoms with Crippen molar-refractivity contribution in [3.05, 3.63) is 212 Å². The normalized spacial score (nSPS) is 22.0. The summed E-state index contributed by atoms with van der Waals surface area (Å²) in [6, 6.07) is 47.2. The summed E-state index contributed by atoms with van der Waals surface area (Å²) >= 11 is 0. The number of hydrogen-bond donors (Lipinski definition) is 0. The van der Waals surface area contributed by atoms with Crippen molar-refractivity contribution in [2.75, 3.05) is 33.7 Å². The van der Waals surface area contributed by atoms with Crippen molar-refractivity contribution in [3.8, 4) is 0 Å². The second kappa shape index (κ2) is 25.6. The molecule has 16 nitrogen and oxygen atoms in total. The number of aryl methyl sites for hydroxylation is 1. The number of hydrogen-bond acceptors (Lipinski definition) is 14. The molecule has 8 atom stereocenters. The zero-order valence-electron chi connectivity index (χ0n) is 39.6. The summed E-state index contributed by atoms with van der Waals surface area (Å²) < 4.78 is 64.9. The van der Waals surface area contributed by atoms with Crippen molar-refractivity contribution in [2.45, 2.75) is 88.9 Å². The van der Waals surface area contributed by atoms with Crippen LogP contribution < -0.4 is 11.2 Å². The molecule has 8 rings (SSSR count). The molecule has 2 saturated heterocycles. The highest BCUT2D eigenvalue weighted by Gasteiger charge is 2.49. The number of esters is 1. The lowest BCUT2D eigenvalue weighted by Gasteiger charge is -2.45. The van der Waals surface area contributed by atoms with E-state index in [1.807, 2.05) is 121 Å². The Morgan fingerprint density at radius 3 is 1.66 bits per heavy atom. The molecule has 0 radical (unpaired) electrons. The van der Waals surface area contributed by atoms with Gasteiger partial charge in [-0.1, -0.05) is 140 Å². The van der Waals surface area contributed by atoms with Gasteiger partial charge < -0.3 is 47.4 Å². The van der Waals surface area contributed by atoms with Crippen LogP contribution >= 0.6 is 0 Å². The molecule has 0 saturated carbocycles. The molecule has 0 spiro atoms. The SMILES string of the molecule is COCC(=O)O[C@H]1C[C@H](n2cc(C)c(=O)n(C(=O)c3ccccc3)c2=O)O[C@@H]1COCO[C@H]1O[C@H](COCc2ccccc2)[C@@H](OCc2ccccc2)[C@H](OCc2ccccc2)[C@H]1OCc1ccccc1. The van der Waals surface area contributed by atoms with Gasteiger partial charge in [-0.25, -0.2) is 9.59 Å². The highest BCUT2D eigenvalue weighted by molar-refractivity contribution is 5.95. The van der Waals surface area contributed by atoms with E-state index in [4.69, 9.17) is 47.4 Å². The number of nitrogens with zero attached hydrogens (tertiary/aromatic N) is 2. The van der Waals surface area contributed by atoms with Crippen LogP contribution in [0.1, 0.15) is 50.8 Å². The van der Waals surface area contributed by atoms with Crippen LogP contribution in [0.25, 0.3) is 0 Å². The summed E-state index contributed by atoms with van der Waals surface area (Å²) in [7, 11) is 1.36. The van der Waals surface area contributed by atoms with Crippen LogP contribution in [0.5, 0.6) is 0 Å². The smallest absolute Gasteiger partial charge is 0.340 e. The van der Waals surface area contributed by atoms with Gasteiger partial charge >= 0.3 is 11.7 Å². The van der Waals surface area contributed by atoms with Gasteiger partial charge in [0.05, 0.1) is 39.6 Å². The van der Waals surface area contributed by atoms with Gasteiger partial charge in [0.2, 0.25) is 0 Å². The van der Waals surface area contributed by atoms with Gasteiger partial charge in [0.1, 0.15) is 56.3 Å². The maximum Gasteiger partial charge on any atom is 0.340 e. The largest absolute Gasteiger partial charge is 0.458 e. The van der Waals surface area contributed by atoms with E-state index in [0.29, 0.717) is 11.2 Å². The predicted octanol–water partition coefficient (Wildman–Crippen LogP) is 6.54. The molecule has 0 bridgehead atoms. The Morgan fingerprint density at radius 1 is 0.592 bits per heavy atom. The molecular formula is C55H58N2O14. The minimum atomic E-state index is -1.08. The fraction of sp³-hybridized carbons (Fsp3) is 0.345. The lowest BCUT2D eigenvalue weighted by atomic mass is 9.97. The van der Waals surface area contributed by atoms with Crippen molar-refractivity contribution in [2.24, 2.45) is 0 Å². The molecule has 3 heterocycles. The average Bonchev–Trinajstić information content (AvgIpc) is 3.80. The van der Waals surface area contributed by atoms with Gasteiger partial charge in [-0.2, -0.15) is 4.57 Å². The average molecular weight is 971 g/mol. The van der Waals surface area contributed by atoms with Crippen LogP contribution in [0.15, 0.2) is 167 Å². The molecule has 0 unspecified atom stereocenters. The van der Waals surface area contributed by atoms with E-state index in [1.165, 1.54) is 32.4 Å². The Balaban J connectivity index is 1.04. The van der Waals surface area contributed by atoms with Crippen molar-refractivity contribution in [1.29, 1.82) is 0 Å². The first-order valence-electron chi connectivity index (χ1n) is 23.5. The monoisotopic (exact) mass is 970 g/mol. The van der Waals surface area contributed by atoms with Gasteiger partial charge in [0.25, 0.3) is 11.5 Å². The summed E-state index contributed by atoms with van der Waals surface area (Å²) in [5, 5.41) is 0. The number of methoxy groups -OCH3 is 1. The number of benzene rings is 5. The molecule has 6 aromatic rings. The minimum absolute atomic E-state index is 0.0159. The van der Waals surface area contributed by atoms with E-state index >= 15 is 0 Å². The van der Waals surface area contributed by atoms with Crippen molar-refractivity contribution >= 4 is 11.9 Å². The second-order valence-corrected chi connectivity index (χ2v) is 17.1. The van der Waals surface area contributed by atoms with Crippen molar-refractivity contribution < 1.29 is 57.0 Å². The van der Waals surface area contributed by atoms with Gasteiger partial charge in [-0.3, -0.25) is 14.2 Å². The molecule has 372 valence electrons. The van der Waals surface area contributed by atoms with Gasteiger partial charge in [0.15, 0.2) is 6.29 Å². The zero-order chi connectivity index (χ0) is 49.4. The molecule has 2 aliphatic rings. The predicted molar refractivity (Wildman–Crippen MR) is 258 cm³/mol. The first-order valence-corrected chi connectivity index (χ1v) is 23.5. The summed E-state index contributed by atoms with van der Waals surface area (Å²) in [5.41, 5.74) is 2.39. The van der Waals surface area contributed by atoms with Crippen LogP contribution in [0.2, 0.25) is 0 Å². The fourth-order valence-electron chi connectivity index (χ4n) is 8.42. The topological polar surface area (TPSA) is 170 Å². The lowest BCUT2D eigenvalue weighted by Crippen LogP contribution is -2.61. The molecule has 71 heavy (non-hydrogen) atoms. The van der Waals surface area contributed by atoms with Gasteiger partial charge in [-0.15, -0.1) is 0 Å². The van der Waals surface area contributed by atoms with E-state index in [2.05, 4.69) is 0 Å². The zero-order valence-corrected chi connectivity index (χ0v) is 39.6. The third-order valence-electron chi connectivity index (χ3n) is 12.0. The van der Waals surface area contributed by atoms with Crippen molar-refractivity contribution in [3.63, 3.8) is 0 Å². The van der Waals surface area contributed by atoms with Crippen LogP contribution in [0.3, 0.4) is 0 Å². The Hall–Kier alpha value is -6.44. The molecule has 2 aliphatic heterocycles.